The van der Waals surface area contributed by atoms with Crippen LogP contribution in [0.4, 0.5) is 9.18 Å². The van der Waals surface area contributed by atoms with Crippen LogP contribution in [0.25, 0.3) is 0 Å². The van der Waals surface area contributed by atoms with Crippen LogP contribution in [0.3, 0.4) is 0 Å². The van der Waals surface area contributed by atoms with Gasteiger partial charge in [-0.3, -0.25) is 0 Å². The van der Waals surface area contributed by atoms with Crippen LogP contribution in [-0.4, -0.2) is 32.2 Å². The first-order valence-corrected chi connectivity index (χ1v) is 7.41. The summed E-state index contributed by atoms with van der Waals surface area (Å²) in [5.41, 5.74) is 0.312. The number of hydrogen-bond donors (Lipinski definition) is 1. The van der Waals surface area contributed by atoms with E-state index >= 15 is 0 Å². The smallest absolute Gasteiger partial charge is 0.318 e. The van der Waals surface area contributed by atoms with Crippen LogP contribution in [0.5, 0.6) is 11.5 Å². The van der Waals surface area contributed by atoms with E-state index in [-0.39, 0.29) is 6.03 Å². The van der Waals surface area contributed by atoms with Crippen LogP contribution < -0.4 is 14.8 Å². The molecule has 130 valence electrons. The van der Waals surface area contributed by atoms with Crippen LogP contribution >= 0.6 is 0 Å². The summed E-state index contributed by atoms with van der Waals surface area (Å²) in [6, 6.07) is 5.41. The molecule has 1 N–H and O–H groups in total. The summed E-state index contributed by atoms with van der Waals surface area (Å²) < 4.78 is 29.7. The number of benzene rings is 1. The maximum absolute atomic E-state index is 14.2. The fourth-order valence-corrected chi connectivity index (χ4v) is 2.28. The van der Waals surface area contributed by atoms with Gasteiger partial charge >= 0.3 is 6.03 Å². The van der Waals surface area contributed by atoms with Crippen LogP contribution in [0.1, 0.15) is 24.3 Å². The first-order valence-electron chi connectivity index (χ1n) is 7.41. The molecule has 0 spiro atoms. The van der Waals surface area contributed by atoms with Gasteiger partial charge in [-0.1, -0.05) is 0 Å². The highest BCUT2D eigenvalue weighted by molar-refractivity contribution is 5.74. The van der Waals surface area contributed by atoms with Crippen molar-refractivity contribution < 1.29 is 23.1 Å². The van der Waals surface area contributed by atoms with Gasteiger partial charge in [0, 0.05) is 18.7 Å². The number of rotatable bonds is 6. The lowest BCUT2D eigenvalue weighted by Gasteiger charge is -2.22. The summed E-state index contributed by atoms with van der Waals surface area (Å²) in [4.78, 5) is 13.7. The summed E-state index contributed by atoms with van der Waals surface area (Å²) in [6.07, 6.45) is 1.54. The zero-order chi connectivity index (χ0) is 17.7. The van der Waals surface area contributed by atoms with E-state index < -0.39 is 11.9 Å². The third-order valence-corrected chi connectivity index (χ3v) is 3.63. The van der Waals surface area contributed by atoms with Crippen LogP contribution in [0, 0.1) is 5.82 Å². The minimum Gasteiger partial charge on any atom is -0.493 e. The Balaban J connectivity index is 2.08. The minimum absolute atomic E-state index is 0.298. The van der Waals surface area contributed by atoms with Crippen LogP contribution in [0.2, 0.25) is 0 Å². The Kier molecular flexibility index (Phi) is 5.68. The summed E-state index contributed by atoms with van der Waals surface area (Å²) in [5, 5.41) is 2.75. The highest BCUT2D eigenvalue weighted by Gasteiger charge is 2.19. The quantitative estimate of drug-likeness (QED) is 0.879. The van der Waals surface area contributed by atoms with Gasteiger partial charge in [0.15, 0.2) is 11.5 Å². The molecular weight excluding hydrogens is 315 g/mol. The standard InChI is InChI=1S/C17H21FN2O4/c1-11(13-8-15(22-3)16(23-4)9-14(13)18)19-17(21)20(2)10-12-6-5-7-24-12/h5-9,11H,10H2,1-4H3,(H,19,21). The molecule has 0 saturated heterocycles. The molecule has 0 radical (unpaired) electrons. The molecule has 0 aliphatic carbocycles. The monoisotopic (exact) mass is 336 g/mol. The summed E-state index contributed by atoms with van der Waals surface area (Å²) >= 11 is 0. The number of nitrogens with zero attached hydrogens (tertiary/aromatic N) is 1. The maximum Gasteiger partial charge on any atom is 0.318 e. The first-order chi connectivity index (χ1) is 11.5. The first kappa shape index (κ1) is 17.7. The zero-order valence-corrected chi connectivity index (χ0v) is 14.1. The highest BCUT2D eigenvalue weighted by Crippen LogP contribution is 2.32. The largest absolute Gasteiger partial charge is 0.493 e. The van der Waals surface area contributed by atoms with E-state index in [2.05, 4.69) is 5.32 Å². The zero-order valence-electron chi connectivity index (χ0n) is 14.1. The van der Waals surface area contributed by atoms with Crippen molar-refractivity contribution in [3.05, 3.63) is 47.7 Å². The molecule has 1 atom stereocenters. The molecule has 1 unspecified atom stereocenters. The van der Waals surface area contributed by atoms with Gasteiger partial charge in [0.2, 0.25) is 0 Å². The third-order valence-electron chi connectivity index (χ3n) is 3.63. The van der Waals surface area contributed by atoms with Gasteiger partial charge in [-0.2, -0.15) is 0 Å². The van der Waals surface area contributed by atoms with Gasteiger partial charge in [-0.05, 0) is 25.1 Å². The van der Waals surface area contributed by atoms with E-state index in [9.17, 15) is 9.18 Å². The van der Waals surface area contributed by atoms with Crippen molar-refractivity contribution in [1.29, 1.82) is 0 Å². The van der Waals surface area contributed by atoms with Gasteiger partial charge in [-0.25, -0.2) is 9.18 Å². The molecule has 0 aliphatic heterocycles. The van der Waals surface area contributed by atoms with E-state index in [1.165, 1.54) is 31.3 Å². The highest BCUT2D eigenvalue weighted by atomic mass is 19.1. The molecule has 2 rings (SSSR count). The average Bonchev–Trinajstić information content (AvgIpc) is 3.07. The van der Waals surface area contributed by atoms with Crippen molar-refractivity contribution in [1.82, 2.24) is 10.2 Å². The van der Waals surface area contributed by atoms with Crippen molar-refractivity contribution in [2.75, 3.05) is 21.3 Å². The lowest BCUT2D eigenvalue weighted by atomic mass is 10.1. The topological polar surface area (TPSA) is 63.9 Å². The number of nitrogens with one attached hydrogen (secondary N) is 1. The predicted molar refractivity (Wildman–Crippen MR) is 86.6 cm³/mol. The Hall–Kier alpha value is -2.70. The Morgan fingerprint density at radius 1 is 1.33 bits per heavy atom. The van der Waals surface area contributed by atoms with E-state index in [1.807, 2.05) is 0 Å². The third kappa shape index (κ3) is 3.98. The molecule has 7 heteroatoms. The van der Waals surface area contributed by atoms with E-state index in [1.54, 1.807) is 32.4 Å². The normalized spacial score (nSPS) is 11.7. The van der Waals surface area contributed by atoms with Crippen molar-refractivity contribution in [2.45, 2.75) is 19.5 Å². The Morgan fingerprint density at radius 3 is 2.58 bits per heavy atom. The number of halogens is 1. The second-order valence-corrected chi connectivity index (χ2v) is 5.34. The molecule has 0 aliphatic rings. The maximum atomic E-state index is 14.2. The van der Waals surface area contributed by atoms with E-state index in [0.29, 0.717) is 29.4 Å². The van der Waals surface area contributed by atoms with Gasteiger partial charge in [-0.15, -0.1) is 0 Å². The number of carbonyl (C=O) groups excluding carboxylic acids is 1. The van der Waals surface area contributed by atoms with Gasteiger partial charge in [0.1, 0.15) is 11.6 Å². The molecule has 2 amide bonds. The van der Waals surface area contributed by atoms with Crippen LogP contribution in [0.15, 0.2) is 34.9 Å². The second kappa shape index (κ2) is 7.72. The molecular formula is C17H21FN2O4. The molecule has 1 aromatic heterocycles. The lowest BCUT2D eigenvalue weighted by Crippen LogP contribution is -2.38. The molecule has 0 bridgehead atoms. The van der Waals surface area contributed by atoms with E-state index in [0.717, 1.165) is 0 Å². The van der Waals surface area contributed by atoms with Crippen molar-refractivity contribution in [2.24, 2.45) is 0 Å². The molecule has 0 fully saturated rings. The number of ether oxygens (including phenoxy) is 2. The molecule has 6 nitrogen and oxygen atoms in total. The fourth-order valence-electron chi connectivity index (χ4n) is 2.28. The summed E-state index contributed by atoms with van der Waals surface area (Å²) in [6.45, 7) is 2.02. The minimum atomic E-state index is -0.545. The number of carbonyl (C=O) groups is 1. The predicted octanol–water partition coefficient (Wildman–Crippen LogP) is 3.34. The number of hydrogen-bond acceptors (Lipinski definition) is 4. The number of methoxy groups -OCH3 is 2. The molecule has 2 aromatic rings. The van der Waals surface area contributed by atoms with Gasteiger partial charge < -0.3 is 24.1 Å². The van der Waals surface area contributed by atoms with Gasteiger partial charge in [0.25, 0.3) is 0 Å². The number of furan rings is 1. The lowest BCUT2D eigenvalue weighted by molar-refractivity contribution is 0.199. The second-order valence-electron chi connectivity index (χ2n) is 5.34. The Bertz CT molecular complexity index is 688. The molecule has 24 heavy (non-hydrogen) atoms. The molecule has 1 aromatic carbocycles. The van der Waals surface area contributed by atoms with Crippen LogP contribution in [-0.2, 0) is 6.54 Å². The SMILES string of the molecule is COc1cc(F)c(C(C)NC(=O)N(C)Cc2ccco2)cc1OC. The Labute approximate surface area is 140 Å². The summed E-state index contributed by atoms with van der Waals surface area (Å²) in [7, 11) is 4.54. The number of urea groups is 1. The fraction of sp³-hybridized carbons (Fsp3) is 0.353. The van der Waals surface area contributed by atoms with E-state index in [4.69, 9.17) is 13.9 Å². The molecule has 1 heterocycles. The Morgan fingerprint density at radius 2 is 2.00 bits per heavy atom. The van der Waals surface area contributed by atoms with Crippen molar-refractivity contribution >= 4 is 6.03 Å². The average molecular weight is 336 g/mol. The number of amides is 2. The van der Waals surface area contributed by atoms with Gasteiger partial charge in [0.05, 0.1) is 33.1 Å². The van der Waals surface area contributed by atoms with Crippen molar-refractivity contribution in [3.8, 4) is 11.5 Å². The van der Waals surface area contributed by atoms with Crippen molar-refractivity contribution in [3.63, 3.8) is 0 Å². The molecule has 0 saturated carbocycles. The summed E-state index contributed by atoms with van der Waals surface area (Å²) in [5.74, 6) is 0.887.